The topological polar surface area (TPSA) is 52.6 Å². The van der Waals surface area contributed by atoms with E-state index in [9.17, 15) is 9.59 Å². The van der Waals surface area contributed by atoms with Crippen LogP contribution >= 0.6 is 0 Å². The van der Waals surface area contributed by atoms with Gasteiger partial charge in [0.2, 0.25) is 0 Å². The maximum atomic E-state index is 11.3. The predicted molar refractivity (Wildman–Crippen MR) is 58.0 cm³/mol. The summed E-state index contributed by atoms with van der Waals surface area (Å²) in [6.07, 6.45) is 1.72. The molecule has 4 nitrogen and oxygen atoms in total. The van der Waals surface area contributed by atoms with Gasteiger partial charge in [-0.05, 0) is 19.4 Å². The lowest BCUT2D eigenvalue weighted by atomic mass is 9.93. The van der Waals surface area contributed by atoms with Crippen LogP contribution < -0.4 is 0 Å². The summed E-state index contributed by atoms with van der Waals surface area (Å²) in [7, 11) is -0.411. The van der Waals surface area contributed by atoms with E-state index in [4.69, 9.17) is 4.43 Å². The van der Waals surface area contributed by atoms with Crippen molar-refractivity contribution in [1.82, 2.24) is 0 Å². The molecule has 2 atom stereocenters. The van der Waals surface area contributed by atoms with Gasteiger partial charge < -0.3 is 9.16 Å². The highest BCUT2D eigenvalue weighted by molar-refractivity contribution is 6.26. The zero-order valence-corrected chi connectivity index (χ0v) is 10.7. The Balaban J connectivity index is 2.20. The van der Waals surface area contributed by atoms with Gasteiger partial charge in [0.1, 0.15) is 0 Å². The molecule has 1 heterocycles. The summed E-state index contributed by atoms with van der Waals surface area (Å²) in [5.41, 5.74) is 0. The molecule has 0 aromatic carbocycles. The minimum atomic E-state index is -0.411. The van der Waals surface area contributed by atoms with Gasteiger partial charge in [-0.3, -0.25) is 9.59 Å². The van der Waals surface area contributed by atoms with E-state index >= 15 is 0 Å². The van der Waals surface area contributed by atoms with Crippen molar-refractivity contribution in [3.8, 4) is 0 Å². The van der Waals surface area contributed by atoms with Crippen LogP contribution in [0.3, 0.4) is 0 Å². The van der Waals surface area contributed by atoms with Gasteiger partial charge in [0, 0.05) is 6.61 Å². The molecule has 0 amide bonds. The van der Waals surface area contributed by atoms with Gasteiger partial charge in [0.05, 0.1) is 11.8 Å². The van der Waals surface area contributed by atoms with Gasteiger partial charge in [-0.2, -0.15) is 0 Å². The fourth-order valence-electron chi connectivity index (χ4n) is 1.72. The second kappa shape index (κ2) is 6.02. The average molecular weight is 230 g/mol. The third-order valence-corrected chi connectivity index (χ3v) is 4.22. The molecule has 5 heteroatoms. The number of rotatable bonds is 6. The van der Waals surface area contributed by atoms with Crippen molar-refractivity contribution < 1.29 is 18.8 Å². The first-order chi connectivity index (χ1) is 7.16. The maximum absolute atomic E-state index is 11.3. The highest BCUT2D eigenvalue weighted by atomic mass is 28.2. The van der Waals surface area contributed by atoms with Crippen LogP contribution in [-0.2, 0) is 18.8 Å². The highest BCUT2D eigenvalue weighted by Gasteiger charge is 2.40. The van der Waals surface area contributed by atoms with Crippen molar-refractivity contribution in [1.29, 1.82) is 0 Å². The Labute approximate surface area is 92.3 Å². The first kappa shape index (κ1) is 12.4. The molecule has 1 aliphatic rings. The van der Waals surface area contributed by atoms with E-state index in [-0.39, 0.29) is 23.8 Å². The van der Waals surface area contributed by atoms with Crippen molar-refractivity contribution in [3.63, 3.8) is 0 Å². The number of hydrogen-bond donors (Lipinski definition) is 0. The second-order valence-electron chi connectivity index (χ2n) is 3.83. The molecule has 1 fully saturated rings. The fraction of sp³-hybridized carbons (Fsp3) is 0.800. The van der Waals surface area contributed by atoms with E-state index in [1.165, 1.54) is 0 Å². The Hall–Kier alpha value is -0.683. The van der Waals surface area contributed by atoms with E-state index < -0.39 is 9.76 Å². The standard InChI is InChI=1S/C10H18O4Si/c1-3-13-15-6-4-5-8-7(2)9(11)14-10(8)12/h7-8H,3-6,15H2,1-2H3. The Bertz CT molecular complexity index is 242. The second-order valence-corrected chi connectivity index (χ2v) is 5.35. The third-order valence-electron chi connectivity index (χ3n) is 2.74. The summed E-state index contributed by atoms with van der Waals surface area (Å²) >= 11 is 0. The monoisotopic (exact) mass is 230 g/mol. The molecule has 1 rings (SSSR count). The third kappa shape index (κ3) is 3.42. The summed E-state index contributed by atoms with van der Waals surface area (Å²) in [4.78, 5) is 22.3. The lowest BCUT2D eigenvalue weighted by molar-refractivity contribution is -0.153. The smallest absolute Gasteiger partial charge is 0.317 e. The van der Waals surface area contributed by atoms with Gasteiger partial charge in [-0.1, -0.05) is 13.3 Å². The molecule has 1 aliphatic heterocycles. The maximum Gasteiger partial charge on any atom is 0.317 e. The summed E-state index contributed by atoms with van der Waals surface area (Å²) in [5.74, 6) is -1.18. The number of carbonyl (C=O) groups excluding carboxylic acids is 2. The molecule has 0 N–H and O–H groups in total. The lowest BCUT2D eigenvalue weighted by Crippen LogP contribution is -2.14. The van der Waals surface area contributed by atoms with Gasteiger partial charge in [0.15, 0.2) is 9.76 Å². The van der Waals surface area contributed by atoms with Gasteiger partial charge in [-0.15, -0.1) is 0 Å². The quantitative estimate of drug-likeness (QED) is 0.291. The minimum Gasteiger partial charge on any atom is -0.424 e. The summed E-state index contributed by atoms with van der Waals surface area (Å²) in [6, 6.07) is 1.07. The molecule has 0 radical (unpaired) electrons. The number of cyclic esters (lactones) is 2. The average Bonchev–Trinajstić information content (AvgIpc) is 2.44. The summed E-state index contributed by atoms with van der Waals surface area (Å²) < 4.78 is 9.90. The Morgan fingerprint density at radius 1 is 1.40 bits per heavy atom. The number of carbonyl (C=O) groups is 2. The van der Waals surface area contributed by atoms with Crippen molar-refractivity contribution in [3.05, 3.63) is 0 Å². The first-order valence-electron chi connectivity index (χ1n) is 5.50. The molecule has 0 saturated carbocycles. The van der Waals surface area contributed by atoms with Crippen molar-refractivity contribution >= 4 is 21.7 Å². The van der Waals surface area contributed by atoms with Gasteiger partial charge in [0.25, 0.3) is 0 Å². The number of ether oxygens (including phenoxy) is 1. The van der Waals surface area contributed by atoms with E-state index in [0.717, 1.165) is 25.5 Å². The molecule has 2 unspecified atom stereocenters. The van der Waals surface area contributed by atoms with Crippen LogP contribution in [0.5, 0.6) is 0 Å². The minimum absolute atomic E-state index is 0.215. The van der Waals surface area contributed by atoms with E-state index in [2.05, 4.69) is 4.74 Å². The lowest BCUT2D eigenvalue weighted by Gasteiger charge is -2.08. The van der Waals surface area contributed by atoms with Gasteiger partial charge in [-0.25, -0.2) is 0 Å². The summed E-state index contributed by atoms with van der Waals surface area (Å²) in [5, 5.41) is 0. The Morgan fingerprint density at radius 2 is 2.13 bits per heavy atom. The first-order valence-corrected chi connectivity index (χ1v) is 7.07. The number of hydrogen-bond acceptors (Lipinski definition) is 4. The molecule has 0 spiro atoms. The zero-order chi connectivity index (χ0) is 11.3. The van der Waals surface area contributed by atoms with Gasteiger partial charge >= 0.3 is 11.9 Å². The number of esters is 2. The van der Waals surface area contributed by atoms with Crippen LogP contribution in [0.25, 0.3) is 0 Å². The molecule has 0 aliphatic carbocycles. The van der Waals surface area contributed by atoms with Crippen LogP contribution in [-0.4, -0.2) is 28.3 Å². The highest BCUT2D eigenvalue weighted by Crippen LogP contribution is 2.27. The molecule has 0 aromatic rings. The molecule has 15 heavy (non-hydrogen) atoms. The van der Waals surface area contributed by atoms with E-state index in [1.807, 2.05) is 6.92 Å². The Kier molecular flexibility index (Phi) is 4.97. The molecule has 1 saturated heterocycles. The van der Waals surface area contributed by atoms with Crippen molar-refractivity contribution in [2.75, 3.05) is 6.61 Å². The van der Waals surface area contributed by atoms with Crippen LogP contribution in [0, 0.1) is 11.8 Å². The SMILES string of the molecule is CCO[SiH2]CCCC1C(=O)OC(=O)C1C. The van der Waals surface area contributed by atoms with Crippen LogP contribution in [0.1, 0.15) is 26.7 Å². The van der Waals surface area contributed by atoms with E-state index in [0.29, 0.717) is 0 Å². The molecular weight excluding hydrogens is 212 g/mol. The molecule has 0 aromatic heterocycles. The Morgan fingerprint density at radius 3 is 2.67 bits per heavy atom. The molecular formula is C10H18O4Si. The molecule has 0 bridgehead atoms. The van der Waals surface area contributed by atoms with Crippen LogP contribution in [0.2, 0.25) is 6.04 Å². The predicted octanol–water partition coefficient (Wildman–Crippen LogP) is 0.641. The van der Waals surface area contributed by atoms with Crippen LogP contribution in [0.4, 0.5) is 0 Å². The van der Waals surface area contributed by atoms with Crippen molar-refractivity contribution in [2.24, 2.45) is 11.8 Å². The van der Waals surface area contributed by atoms with Crippen molar-refractivity contribution in [2.45, 2.75) is 32.7 Å². The fourth-order valence-corrected chi connectivity index (χ4v) is 2.70. The normalized spacial score (nSPS) is 26.5. The largest absolute Gasteiger partial charge is 0.424 e. The summed E-state index contributed by atoms with van der Waals surface area (Å²) in [6.45, 7) is 4.53. The van der Waals surface area contributed by atoms with E-state index in [1.54, 1.807) is 6.92 Å². The molecule has 86 valence electrons. The van der Waals surface area contributed by atoms with Crippen LogP contribution in [0.15, 0.2) is 0 Å². The zero-order valence-electron chi connectivity index (χ0n) is 9.32.